The maximum atomic E-state index is 13.7. The fourth-order valence-electron chi connectivity index (χ4n) is 6.33. The Balaban J connectivity index is 1.39. The van der Waals surface area contributed by atoms with Gasteiger partial charge in [-0.3, -0.25) is 9.69 Å². The minimum atomic E-state index is -3.73. The lowest BCUT2D eigenvalue weighted by atomic mass is 9.95. The van der Waals surface area contributed by atoms with E-state index in [4.69, 9.17) is 4.74 Å². The highest BCUT2D eigenvalue weighted by Crippen LogP contribution is 2.43. The molecule has 1 saturated carbocycles. The predicted molar refractivity (Wildman–Crippen MR) is 139 cm³/mol. The summed E-state index contributed by atoms with van der Waals surface area (Å²) >= 11 is 0. The molecule has 2 atom stereocenters. The summed E-state index contributed by atoms with van der Waals surface area (Å²) in [5.74, 6) is 0.0858. The van der Waals surface area contributed by atoms with Gasteiger partial charge < -0.3 is 10.1 Å². The fraction of sp³-hybridized carbons (Fsp3) is 0.536. The van der Waals surface area contributed by atoms with Crippen LogP contribution in [0.25, 0.3) is 0 Å². The lowest BCUT2D eigenvalue weighted by Gasteiger charge is -2.45. The first-order chi connectivity index (χ1) is 17.4. The summed E-state index contributed by atoms with van der Waals surface area (Å²) in [5, 5.41) is 3.34. The van der Waals surface area contributed by atoms with Gasteiger partial charge in [0.05, 0.1) is 23.2 Å². The molecule has 2 heterocycles. The molecule has 5 rings (SSSR count). The van der Waals surface area contributed by atoms with Crippen molar-refractivity contribution in [2.24, 2.45) is 0 Å². The number of methoxy groups -OCH3 is 1. The fourth-order valence-corrected chi connectivity index (χ4v) is 7.66. The number of rotatable bonds is 8. The Morgan fingerprint density at radius 3 is 2.53 bits per heavy atom. The molecule has 2 bridgehead atoms. The van der Waals surface area contributed by atoms with Crippen LogP contribution in [0.3, 0.4) is 0 Å². The van der Waals surface area contributed by atoms with E-state index >= 15 is 0 Å². The van der Waals surface area contributed by atoms with Crippen molar-refractivity contribution in [2.75, 3.05) is 7.11 Å². The normalized spacial score (nSPS) is 25.0. The number of nitrogens with zero attached hydrogens (tertiary/aromatic N) is 1. The zero-order valence-corrected chi connectivity index (χ0v) is 21.9. The van der Waals surface area contributed by atoms with Gasteiger partial charge in [0.25, 0.3) is 5.91 Å². The van der Waals surface area contributed by atoms with E-state index in [1.165, 1.54) is 24.8 Å². The number of amides is 1. The molecule has 3 fully saturated rings. The van der Waals surface area contributed by atoms with Crippen molar-refractivity contribution in [1.29, 1.82) is 0 Å². The number of carbonyl (C=O) groups excluding carboxylic acids is 1. The third kappa shape index (κ3) is 5.17. The Morgan fingerprint density at radius 2 is 1.78 bits per heavy atom. The first-order valence-corrected chi connectivity index (χ1v) is 14.7. The van der Waals surface area contributed by atoms with Crippen LogP contribution >= 0.6 is 0 Å². The Hall–Kier alpha value is -2.42. The molecule has 8 heteroatoms. The SMILES string of the molecule is COc1ccc(S(=O)(=O)NC2CCCCC2)cc1C(=O)NC12CCCC(CC1)N2Cc1ccccc1. The van der Waals surface area contributed by atoms with Gasteiger partial charge in [-0.05, 0) is 68.7 Å². The molecular formula is C28H37N3O4S. The van der Waals surface area contributed by atoms with Crippen LogP contribution in [-0.4, -0.2) is 44.1 Å². The van der Waals surface area contributed by atoms with E-state index in [-0.39, 0.29) is 22.4 Å². The van der Waals surface area contributed by atoms with Crippen molar-refractivity contribution < 1.29 is 17.9 Å². The average Bonchev–Trinajstić information content (AvgIpc) is 3.06. The third-order valence-corrected chi connectivity index (χ3v) is 9.72. The van der Waals surface area contributed by atoms with E-state index in [0.29, 0.717) is 11.8 Å². The predicted octanol–water partition coefficient (Wildman–Crippen LogP) is 4.58. The second-order valence-corrected chi connectivity index (χ2v) is 12.2. The van der Waals surface area contributed by atoms with Crippen LogP contribution in [0.1, 0.15) is 80.1 Å². The molecule has 2 aromatic carbocycles. The molecule has 3 aliphatic rings. The van der Waals surface area contributed by atoms with Crippen molar-refractivity contribution in [2.45, 2.75) is 93.4 Å². The van der Waals surface area contributed by atoms with Gasteiger partial charge in [0.2, 0.25) is 10.0 Å². The molecule has 2 unspecified atom stereocenters. The molecule has 1 amide bonds. The highest BCUT2D eigenvalue weighted by atomic mass is 32.2. The summed E-state index contributed by atoms with van der Waals surface area (Å²) in [6.45, 7) is 0.780. The van der Waals surface area contributed by atoms with Crippen LogP contribution < -0.4 is 14.8 Å². The van der Waals surface area contributed by atoms with E-state index in [1.54, 1.807) is 6.07 Å². The van der Waals surface area contributed by atoms with Gasteiger partial charge in [-0.1, -0.05) is 49.6 Å². The number of piperidine rings is 1. The second-order valence-electron chi connectivity index (χ2n) is 10.5. The maximum absolute atomic E-state index is 13.7. The number of ether oxygens (including phenoxy) is 1. The van der Waals surface area contributed by atoms with E-state index in [9.17, 15) is 13.2 Å². The molecule has 0 spiro atoms. The Kier molecular flexibility index (Phi) is 7.37. The summed E-state index contributed by atoms with van der Waals surface area (Å²) in [7, 11) is -2.23. The average molecular weight is 512 g/mol. The smallest absolute Gasteiger partial charge is 0.256 e. The van der Waals surface area contributed by atoms with Crippen LogP contribution in [0.4, 0.5) is 0 Å². The summed E-state index contributed by atoms with van der Waals surface area (Å²) < 4.78 is 34.6. The van der Waals surface area contributed by atoms with E-state index in [0.717, 1.165) is 70.8 Å². The molecule has 7 nitrogen and oxygen atoms in total. The summed E-state index contributed by atoms with van der Waals surface area (Å²) in [6, 6.07) is 15.3. The molecule has 2 aromatic rings. The number of hydrogen-bond donors (Lipinski definition) is 2. The lowest BCUT2D eigenvalue weighted by molar-refractivity contribution is 0.0184. The van der Waals surface area contributed by atoms with Crippen molar-refractivity contribution >= 4 is 15.9 Å². The van der Waals surface area contributed by atoms with Gasteiger partial charge in [0, 0.05) is 18.6 Å². The van der Waals surface area contributed by atoms with Gasteiger partial charge in [0.1, 0.15) is 5.75 Å². The third-order valence-electron chi connectivity index (χ3n) is 8.20. The van der Waals surface area contributed by atoms with Gasteiger partial charge in [-0.15, -0.1) is 0 Å². The molecule has 0 radical (unpaired) electrons. The summed E-state index contributed by atoms with van der Waals surface area (Å²) in [5.41, 5.74) is 1.05. The highest BCUT2D eigenvalue weighted by molar-refractivity contribution is 7.89. The van der Waals surface area contributed by atoms with Gasteiger partial charge in [0.15, 0.2) is 0 Å². The van der Waals surface area contributed by atoms with Crippen molar-refractivity contribution in [3.63, 3.8) is 0 Å². The van der Waals surface area contributed by atoms with Crippen LogP contribution in [0, 0.1) is 0 Å². The van der Waals surface area contributed by atoms with E-state index in [1.807, 2.05) is 18.2 Å². The zero-order valence-electron chi connectivity index (χ0n) is 21.0. The summed E-state index contributed by atoms with van der Waals surface area (Å²) in [6.07, 6.45) is 9.93. The number of nitrogens with one attached hydrogen (secondary N) is 2. The monoisotopic (exact) mass is 511 g/mol. The Labute approximate surface area is 214 Å². The van der Waals surface area contributed by atoms with Crippen LogP contribution in [0.15, 0.2) is 53.4 Å². The van der Waals surface area contributed by atoms with Crippen molar-refractivity contribution in [1.82, 2.24) is 14.9 Å². The first kappa shape index (κ1) is 25.2. The molecule has 194 valence electrons. The quantitative estimate of drug-likeness (QED) is 0.542. The number of fused-ring (bicyclic) bond motifs is 2. The number of hydrogen-bond acceptors (Lipinski definition) is 5. The number of carbonyl (C=O) groups is 1. The number of benzene rings is 2. The molecule has 2 saturated heterocycles. The minimum absolute atomic E-state index is 0.0498. The summed E-state index contributed by atoms with van der Waals surface area (Å²) in [4.78, 5) is 16.3. The molecular weight excluding hydrogens is 474 g/mol. The Morgan fingerprint density at radius 1 is 1.00 bits per heavy atom. The largest absolute Gasteiger partial charge is 0.496 e. The van der Waals surface area contributed by atoms with Crippen LogP contribution in [0.2, 0.25) is 0 Å². The zero-order chi connectivity index (χ0) is 25.2. The van der Waals surface area contributed by atoms with Gasteiger partial charge in [-0.2, -0.15) is 0 Å². The van der Waals surface area contributed by atoms with Crippen molar-refractivity contribution in [3.8, 4) is 5.75 Å². The molecule has 2 N–H and O–H groups in total. The van der Waals surface area contributed by atoms with Gasteiger partial charge >= 0.3 is 0 Å². The molecule has 36 heavy (non-hydrogen) atoms. The number of sulfonamides is 1. The van der Waals surface area contributed by atoms with Crippen LogP contribution in [-0.2, 0) is 16.6 Å². The molecule has 0 aromatic heterocycles. The lowest BCUT2D eigenvalue weighted by Crippen LogP contribution is -2.60. The standard InChI is InChI=1S/C28H37N3O4S/c1-35-26-15-14-24(36(33,34)30-22-11-6-3-7-12-22)19-25(26)27(32)29-28-17-8-13-23(16-18-28)31(28)20-21-9-4-2-5-10-21/h2,4-5,9-10,14-15,19,22-23,30H,3,6-8,11-13,16-18,20H2,1H3,(H,29,32). The first-order valence-electron chi connectivity index (χ1n) is 13.2. The minimum Gasteiger partial charge on any atom is -0.496 e. The van der Waals surface area contributed by atoms with E-state index < -0.39 is 15.7 Å². The second kappa shape index (κ2) is 10.5. The molecule has 2 aliphatic heterocycles. The topological polar surface area (TPSA) is 87.7 Å². The van der Waals surface area contributed by atoms with Crippen LogP contribution in [0.5, 0.6) is 5.75 Å². The maximum Gasteiger partial charge on any atom is 0.256 e. The molecule has 1 aliphatic carbocycles. The van der Waals surface area contributed by atoms with Gasteiger partial charge in [-0.25, -0.2) is 13.1 Å². The van der Waals surface area contributed by atoms with E-state index in [2.05, 4.69) is 27.1 Å². The Bertz CT molecular complexity index is 1180. The highest BCUT2D eigenvalue weighted by Gasteiger charge is 2.49. The van der Waals surface area contributed by atoms with Crippen molar-refractivity contribution in [3.05, 3.63) is 59.7 Å².